The molecule has 0 unspecified atom stereocenters. The Bertz CT molecular complexity index is 1590. The smallest absolute Gasteiger partial charge is 0.313 e. The lowest BCUT2D eigenvalue weighted by atomic mass is 9.77. The number of para-hydroxylation sites is 1. The van der Waals surface area contributed by atoms with Crippen LogP contribution in [-0.2, 0) is 28.7 Å². The number of hydrogen-bond acceptors (Lipinski definition) is 7. The summed E-state index contributed by atoms with van der Waals surface area (Å²) in [5.74, 6) is -3.87. The maximum Gasteiger partial charge on any atom is 0.313 e. The summed E-state index contributed by atoms with van der Waals surface area (Å²) in [4.78, 5) is 61.5. The van der Waals surface area contributed by atoms with Crippen LogP contribution < -0.4 is 4.90 Å². The molecule has 3 amide bonds. The van der Waals surface area contributed by atoms with Crippen molar-refractivity contribution in [3.63, 3.8) is 0 Å². The van der Waals surface area contributed by atoms with Crippen LogP contribution in [-0.4, -0.2) is 88.6 Å². The van der Waals surface area contributed by atoms with Gasteiger partial charge in [-0.3, -0.25) is 19.2 Å². The number of fused-ring (bicyclic) bond motifs is 2. The van der Waals surface area contributed by atoms with Crippen molar-refractivity contribution in [1.29, 1.82) is 0 Å². The number of aliphatic hydroxyl groups is 1. The van der Waals surface area contributed by atoms with E-state index in [-0.39, 0.29) is 25.5 Å². The van der Waals surface area contributed by atoms with E-state index in [1.807, 2.05) is 44.2 Å². The predicted molar refractivity (Wildman–Crippen MR) is 175 cm³/mol. The number of allylic oxidation sites excluding steroid dienone is 1. The van der Waals surface area contributed by atoms with Crippen molar-refractivity contribution in [3.8, 4) is 0 Å². The molecule has 2 aromatic rings. The second-order valence-electron chi connectivity index (χ2n) is 12.6. The van der Waals surface area contributed by atoms with Crippen LogP contribution in [0.1, 0.15) is 44.8 Å². The number of ether oxygens (including phenoxy) is 2. The molecule has 6 rings (SSSR count). The van der Waals surface area contributed by atoms with Gasteiger partial charge in [0.05, 0.1) is 41.4 Å². The summed E-state index contributed by atoms with van der Waals surface area (Å²) in [6, 6.07) is 13.8. The fourth-order valence-corrected chi connectivity index (χ4v) is 7.76. The van der Waals surface area contributed by atoms with Gasteiger partial charge in [-0.05, 0) is 37.5 Å². The second-order valence-corrected chi connectivity index (χ2v) is 13.0. The van der Waals surface area contributed by atoms with Gasteiger partial charge in [0.2, 0.25) is 11.8 Å². The summed E-state index contributed by atoms with van der Waals surface area (Å²) in [7, 11) is 1.69. The average Bonchev–Trinajstić information content (AvgIpc) is 3.47. The number of halogens is 1. The minimum atomic E-state index is -1.54. The van der Waals surface area contributed by atoms with Crippen molar-refractivity contribution in [1.82, 2.24) is 9.80 Å². The molecule has 2 aromatic carbocycles. The molecule has 2 saturated heterocycles. The standard InChI is InChI=1S/C36H40ClN3O7/c1-4-24(21-41)40-32-34(44)39(26-16-9-8-15-25(26)37)20-12-19-36(32)30(33(40)43)29-27(47-36)17-10-11-18-28(42)38(3)22(2)31(46-35(29)45)23-13-6-5-7-14-23/h5-10,12-17,19,22,24,27,29-32,41H,4,11,18,20-21H2,1-3H3/b17-10-/t22-,24+,27-,29+,30+,31+,32-,36+/m1/s1. The topological polar surface area (TPSA) is 117 Å². The van der Waals surface area contributed by atoms with Crippen LogP contribution in [0.3, 0.4) is 0 Å². The molecule has 0 radical (unpaired) electrons. The van der Waals surface area contributed by atoms with Crippen molar-refractivity contribution < 1.29 is 33.8 Å². The number of nitrogens with zero attached hydrogens (tertiary/aromatic N) is 3. The normalized spacial score (nSPS) is 32.5. The van der Waals surface area contributed by atoms with Crippen molar-refractivity contribution in [2.45, 2.75) is 69.0 Å². The Hall–Kier alpha value is -3.99. The number of aliphatic hydroxyl groups excluding tert-OH is 1. The Balaban J connectivity index is 1.48. The Labute approximate surface area is 279 Å². The molecular weight excluding hydrogens is 622 g/mol. The number of carbonyl (C=O) groups is 4. The largest absolute Gasteiger partial charge is 0.455 e. The quantitative estimate of drug-likeness (QED) is 0.379. The first-order valence-corrected chi connectivity index (χ1v) is 16.5. The van der Waals surface area contributed by atoms with Gasteiger partial charge < -0.3 is 29.3 Å². The molecule has 10 nitrogen and oxygen atoms in total. The zero-order valence-corrected chi connectivity index (χ0v) is 27.5. The first-order chi connectivity index (χ1) is 22.6. The van der Waals surface area contributed by atoms with E-state index in [1.54, 1.807) is 60.5 Å². The van der Waals surface area contributed by atoms with Crippen molar-refractivity contribution >= 4 is 41.0 Å². The van der Waals surface area contributed by atoms with Crippen molar-refractivity contribution in [3.05, 3.63) is 89.5 Å². The zero-order valence-electron chi connectivity index (χ0n) is 26.7. The Morgan fingerprint density at radius 1 is 1.02 bits per heavy atom. The van der Waals surface area contributed by atoms with Crippen LogP contribution in [0, 0.1) is 11.8 Å². The van der Waals surface area contributed by atoms with E-state index < -0.39 is 65.6 Å². The van der Waals surface area contributed by atoms with Gasteiger partial charge >= 0.3 is 5.97 Å². The van der Waals surface area contributed by atoms with Crippen LogP contribution in [0.4, 0.5) is 5.69 Å². The van der Waals surface area contributed by atoms with E-state index in [0.717, 1.165) is 0 Å². The monoisotopic (exact) mass is 661 g/mol. The lowest BCUT2D eigenvalue weighted by Gasteiger charge is -2.38. The number of likely N-dealkylation sites (tertiary alicyclic amines) is 1. The second kappa shape index (κ2) is 13.3. The number of rotatable bonds is 5. The molecule has 4 heterocycles. The van der Waals surface area contributed by atoms with E-state index in [0.29, 0.717) is 29.1 Å². The first-order valence-electron chi connectivity index (χ1n) is 16.2. The molecule has 2 fully saturated rings. The highest BCUT2D eigenvalue weighted by molar-refractivity contribution is 6.34. The minimum absolute atomic E-state index is 0.100. The van der Waals surface area contributed by atoms with Gasteiger partial charge in [0, 0.05) is 20.0 Å². The maximum atomic E-state index is 14.7. The molecule has 47 heavy (non-hydrogen) atoms. The number of anilines is 1. The first kappa shape index (κ1) is 32.9. The van der Waals surface area contributed by atoms with Gasteiger partial charge in [0.15, 0.2) is 0 Å². The van der Waals surface area contributed by atoms with Gasteiger partial charge in [-0.25, -0.2) is 0 Å². The SMILES string of the molecule is CC[C@@H](CO)N1C(=O)[C@@H]2[C@H]3C(=O)O[C@H](c4ccccc4)[C@@H](C)N(C)C(=O)CC/C=C\[C@H]3O[C@@]23C=CCN(c2ccccc2Cl)C(=O)[C@@H]13. The summed E-state index contributed by atoms with van der Waals surface area (Å²) in [6.45, 7) is 3.44. The van der Waals surface area contributed by atoms with Gasteiger partial charge in [0.1, 0.15) is 23.7 Å². The molecule has 1 N–H and O–H groups in total. The molecule has 0 saturated carbocycles. The summed E-state index contributed by atoms with van der Waals surface area (Å²) >= 11 is 6.55. The highest BCUT2D eigenvalue weighted by Crippen LogP contribution is 2.54. The van der Waals surface area contributed by atoms with Crippen molar-refractivity contribution in [2.75, 3.05) is 25.1 Å². The summed E-state index contributed by atoms with van der Waals surface area (Å²) in [5.41, 5.74) is -0.355. The summed E-state index contributed by atoms with van der Waals surface area (Å²) in [5, 5.41) is 10.8. The van der Waals surface area contributed by atoms with E-state index in [4.69, 9.17) is 21.1 Å². The molecule has 4 aliphatic rings. The summed E-state index contributed by atoms with van der Waals surface area (Å²) < 4.78 is 13.1. The number of amides is 3. The van der Waals surface area contributed by atoms with E-state index in [2.05, 4.69) is 0 Å². The highest BCUT2D eigenvalue weighted by atomic mass is 35.5. The fraction of sp³-hybridized carbons (Fsp3) is 0.444. The highest BCUT2D eigenvalue weighted by Gasteiger charge is 2.72. The lowest BCUT2D eigenvalue weighted by Crippen LogP contribution is -2.58. The van der Waals surface area contributed by atoms with Crippen LogP contribution >= 0.6 is 11.6 Å². The minimum Gasteiger partial charge on any atom is -0.455 e. The number of carbonyl (C=O) groups excluding carboxylic acids is 4. The van der Waals surface area contributed by atoms with Gasteiger partial charge in [-0.2, -0.15) is 0 Å². The number of benzene rings is 2. The van der Waals surface area contributed by atoms with Gasteiger partial charge in [-0.15, -0.1) is 0 Å². The molecule has 248 valence electrons. The summed E-state index contributed by atoms with van der Waals surface area (Å²) in [6.07, 6.45) is 6.26. The van der Waals surface area contributed by atoms with Gasteiger partial charge in [-0.1, -0.05) is 85.3 Å². The van der Waals surface area contributed by atoms with Gasteiger partial charge in [0.25, 0.3) is 5.91 Å². The third kappa shape index (κ3) is 5.56. The lowest BCUT2D eigenvalue weighted by molar-refractivity contribution is -0.164. The van der Waals surface area contributed by atoms with Crippen LogP contribution in [0.15, 0.2) is 78.9 Å². The van der Waals surface area contributed by atoms with Crippen LogP contribution in [0.25, 0.3) is 0 Å². The molecular formula is C36H40ClN3O7. The molecule has 0 aromatic heterocycles. The maximum absolute atomic E-state index is 14.7. The van der Waals surface area contributed by atoms with Crippen LogP contribution in [0.2, 0.25) is 5.02 Å². The molecule has 0 aliphatic carbocycles. The predicted octanol–water partition coefficient (Wildman–Crippen LogP) is 4.08. The molecule has 11 heteroatoms. The third-order valence-corrected chi connectivity index (χ3v) is 10.4. The number of likely N-dealkylation sites (N-methyl/N-ethyl adjacent to an activating group) is 1. The number of esters is 1. The number of cyclic esters (lactones) is 1. The Morgan fingerprint density at radius 3 is 2.45 bits per heavy atom. The molecule has 1 spiro atoms. The number of hydrogen-bond donors (Lipinski definition) is 1. The van der Waals surface area contributed by atoms with E-state index >= 15 is 0 Å². The fourth-order valence-electron chi connectivity index (χ4n) is 7.52. The van der Waals surface area contributed by atoms with E-state index in [9.17, 15) is 24.3 Å². The van der Waals surface area contributed by atoms with Crippen molar-refractivity contribution in [2.24, 2.45) is 11.8 Å². The zero-order chi connectivity index (χ0) is 33.5. The molecule has 0 bridgehead atoms. The molecule has 4 aliphatic heterocycles. The third-order valence-electron chi connectivity index (χ3n) is 10.1. The van der Waals surface area contributed by atoms with E-state index in [1.165, 1.54) is 9.80 Å². The Kier molecular flexibility index (Phi) is 9.29. The Morgan fingerprint density at radius 2 is 1.74 bits per heavy atom. The van der Waals surface area contributed by atoms with Crippen LogP contribution in [0.5, 0.6) is 0 Å². The average molecular weight is 662 g/mol. The molecule has 8 atom stereocenters.